The van der Waals surface area contributed by atoms with Gasteiger partial charge in [-0.15, -0.1) is 0 Å². The molecule has 0 N–H and O–H groups in total. The second-order valence-electron chi connectivity index (χ2n) is 10.5. The van der Waals surface area contributed by atoms with Crippen LogP contribution in [0.25, 0.3) is 12.2 Å². The summed E-state index contributed by atoms with van der Waals surface area (Å²) in [5.74, 6) is 1.00. The molecule has 2 atom stereocenters. The van der Waals surface area contributed by atoms with Crippen LogP contribution in [-0.2, 0) is 44.1 Å². The molecule has 39 heavy (non-hydrogen) atoms. The van der Waals surface area contributed by atoms with Gasteiger partial charge >= 0.3 is 149 Å². The minimum atomic E-state index is -1.96. The fourth-order valence-electron chi connectivity index (χ4n) is 5.36. The molecule has 0 radical (unpaired) electrons. The fourth-order valence-corrected chi connectivity index (χ4v) is 9.16. The summed E-state index contributed by atoms with van der Waals surface area (Å²) in [5.41, 5.74) is 10.6. The summed E-state index contributed by atoms with van der Waals surface area (Å²) in [5, 5.41) is 0. The van der Waals surface area contributed by atoms with Gasteiger partial charge in [-0.25, -0.2) is 0 Å². The molecule has 202 valence electrons. The van der Waals surface area contributed by atoms with Crippen LogP contribution in [0, 0.1) is 5.41 Å². The van der Waals surface area contributed by atoms with Crippen LogP contribution in [-0.4, -0.2) is 0 Å². The molecule has 0 saturated carbocycles. The van der Waals surface area contributed by atoms with E-state index in [4.69, 9.17) is 17.0 Å². The Hall–Kier alpha value is -0.194. The van der Waals surface area contributed by atoms with Crippen LogP contribution in [0.4, 0.5) is 0 Å². The molecule has 0 saturated heterocycles. The maximum absolute atomic E-state index is 5.74. The zero-order chi connectivity index (χ0) is 26.7. The standard InChI is InChI=1S/C18H14.C10H15.C5H5.4ClH.2Zr/c1-3-7-15-13(5-1)9-11-17(15)18-12-10-14-6-2-4-8-16(14)18;1-7-6-10(4,5)9(3)8(7)2;1-2-4-5-3-1;;;;;;/h1-12,17-18H;1-5H3;1-3H,4H2;4*1H;;/q;;;;;;;2*+2/p-4. The summed E-state index contributed by atoms with van der Waals surface area (Å²) in [7, 11) is 11.5. The van der Waals surface area contributed by atoms with Gasteiger partial charge in [0, 0.05) is 11.8 Å². The van der Waals surface area contributed by atoms with E-state index in [1.165, 1.54) is 36.7 Å². The number of hydrogen-bond donors (Lipinski definition) is 0. The van der Waals surface area contributed by atoms with E-state index in [1.807, 2.05) is 12.2 Å². The fraction of sp³-hybridized carbons (Fsp3) is 0.273. The van der Waals surface area contributed by atoms with Crippen LogP contribution in [0.1, 0.15) is 75.1 Å². The molecule has 0 heterocycles. The minimum absolute atomic E-state index is 0. The van der Waals surface area contributed by atoms with Gasteiger partial charge in [0.15, 0.2) is 0 Å². The van der Waals surface area contributed by atoms with Crippen molar-refractivity contribution in [2.24, 2.45) is 5.41 Å². The number of benzene rings is 2. The average Bonchev–Trinajstić information content (AvgIpc) is 3.68. The Labute approximate surface area is 277 Å². The van der Waals surface area contributed by atoms with Crippen molar-refractivity contribution < 1.29 is 68.9 Å². The van der Waals surface area contributed by atoms with Crippen LogP contribution >= 0.6 is 17.0 Å². The second kappa shape index (κ2) is 15.3. The molecule has 6 rings (SSSR count). The van der Waals surface area contributed by atoms with E-state index in [1.54, 1.807) is 33.6 Å². The first-order valence-electron chi connectivity index (χ1n) is 12.8. The van der Waals surface area contributed by atoms with Gasteiger partial charge < -0.3 is 24.8 Å². The molecule has 2 aromatic rings. The second-order valence-corrected chi connectivity index (χ2v) is 20.2. The van der Waals surface area contributed by atoms with Gasteiger partial charge in [0.25, 0.3) is 0 Å². The molecule has 2 unspecified atom stereocenters. The molecule has 0 bridgehead atoms. The summed E-state index contributed by atoms with van der Waals surface area (Å²) in [6.45, 7) is 11.4. The van der Waals surface area contributed by atoms with E-state index in [9.17, 15) is 0 Å². The van der Waals surface area contributed by atoms with E-state index in [0.29, 0.717) is 17.3 Å². The van der Waals surface area contributed by atoms with E-state index in [-0.39, 0.29) is 24.8 Å². The molecule has 0 aliphatic heterocycles. The van der Waals surface area contributed by atoms with Crippen LogP contribution in [0.5, 0.6) is 0 Å². The van der Waals surface area contributed by atoms with E-state index in [0.717, 1.165) is 6.42 Å². The third-order valence-corrected chi connectivity index (χ3v) is 15.6. The summed E-state index contributed by atoms with van der Waals surface area (Å²) in [4.78, 5) is 0. The van der Waals surface area contributed by atoms with Crippen molar-refractivity contribution in [1.82, 2.24) is 0 Å². The third-order valence-electron chi connectivity index (χ3n) is 8.14. The van der Waals surface area contributed by atoms with Crippen LogP contribution < -0.4 is 24.8 Å². The van der Waals surface area contributed by atoms with Gasteiger partial charge in [-0.05, 0) is 22.3 Å². The zero-order valence-electron chi connectivity index (χ0n) is 23.0. The Kier molecular flexibility index (Phi) is 13.8. The molecule has 4 aliphatic carbocycles. The molecule has 2 aromatic carbocycles. The predicted molar refractivity (Wildman–Crippen MR) is 155 cm³/mol. The maximum atomic E-state index is 5.74. The van der Waals surface area contributed by atoms with Crippen molar-refractivity contribution in [3.8, 4) is 0 Å². The van der Waals surface area contributed by atoms with Crippen molar-refractivity contribution in [1.29, 1.82) is 0 Å². The topological polar surface area (TPSA) is 0 Å². The Balaban J connectivity index is 0.000000220. The van der Waals surface area contributed by atoms with Gasteiger partial charge in [-0.3, -0.25) is 0 Å². The Morgan fingerprint density at radius 3 is 1.59 bits per heavy atom. The molecular weight excluding hydrogens is 721 g/mol. The van der Waals surface area contributed by atoms with Crippen molar-refractivity contribution in [2.75, 3.05) is 0 Å². The molecule has 6 heteroatoms. The molecule has 0 fully saturated rings. The predicted octanol–water partition coefficient (Wildman–Crippen LogP) is 4.56. The first kappa shape index (κ1) is 35.0. The normalized spacial score (nSPS) is 20.7. The zero-order valence-corrected chi connectivity index (χ0v) is 31.0. The monoisotopic (exact) mass is 750 g/mol. The average molecular weight is 755 g/mol. The van der Waals surface area contributed by atoms with Crippen molar-refractivity contribution >= 4 is 29.2 Å². The van der Waals surface area contributed by atoms with E-state index < -0.39 is 19.4 Å². The Morgan fingerprint density at radius 1 is 0.795 bits per heavy atom. The quantitative estimate of drug-likeness (QED) is 0.423. The molecular formula is C33H34Cl4Zr2. The summed E-state index contributed by atoms with van der Waals surface area (Å²) >= 11 is -0.391. The summed E-state index contributed by atoms with van der Waals surface area (Å²) in [6, 6.07) is 17.4. The number of allylic oxidation sites excluding steroid dienone is 10. The third kappa shape index (κ3) is 7.80. The molecule has 0 nitrogen and oxygen atoms in total. The molecule has 0 amide bonds. The molecule has 0 spiro atoms. The van der Waals surface area contributed by atoms with Gasteiger partial charge in [0.1, 0.15) is 0 Å². The van der Waals surface area contributed by atoms with Crippen LogP contribution in [0.3, 0.4) is 0 Å². The summed E-state index contributed by atoms with van der Waals surface area (Å²) in [6.07, 6.45) is 16.4. The first-order valence-corrected chi connectivity index (χ1v) is 21.6. The van der Waals surface area contributed by atoms with Gasteiger partial charge in [0.05, 0.1) is 0 Å². The van der Waals surface area contributed by atoms with Gasteiger partial charge in [-0.1, -0.05) is 72.8 Å². The Morgan fingerprint density at radius 2 is 1.28 bits per heavy atom. The van der Waals surface area contributed by atoms with Crippen molar-refractivity contribution in [3.05, 3.63) is 124 Å². The van der Waals surface area contributed by atoms with E-state index >= 15 is 0 Å². The summed E-state index contributed by atoms with van der Waals surface area (Å²) < 4.78 is 2.91. The first-order chi connectivity index (χ1) is 17.6. The number of hydrogen-bond acceptors (Lipinski definition) is 0. The van der Waals surface area contributed by atoms with Crippen molar-refractivity contribution in [2.45, 2.75) is 52.9 Å². The van der Waals surface area contributed by atoms with Crippen molar-refractivity contribution in [3.63, 3.8) is 0 Å². The molecule has 4 aliphatic rings. The van der Waals surface area contributed by atoms with E-state index in [2.05, 4.69) is 114 Å². The SMILES string of the molecule is C1=CC(C2C=Cc3ccccc32)c2ccccc21.CC1=C(C)C(C)(C)[C]([Zr+2])=C1C.[Cl-].[Cl-].[Cl][Zr]([Cl])[C]1=CC=CC1. The number of rotatable bonds is 2. The molecule has 0 aromatic heterocycles. The van der Waals surface area contributed by atoms with Crippen LogP contribution in [0.2, 0.25) is 0 Å². The van der Waals surface area contributed by atoms with Gasteiger partial charge in [0.2, 0.25) is 0 Å². The number of fused-ring (bicyclic) bond motifs is 2. The van der Waals surface area contributed by atoms with Gasteiger partial charge in [-0.2, -0.15) is 0 Å². The van der Waals surface area contributed by atoms with Crippen LogP contribution in [0.15, 0.2) is 102 Å². The number of halogens is 4. The Bertz CT molecular complexity index is 1270.